The number of aromatic nitrogens is 3. The number of hydrogen-bond donors (Lipinski definition) is 0. The van der Waals surface area contributed by atoms with E-state index >= 15 is 0 Å². The molecular weight excluding hydrogens is 338 g/mol. The van der Waals surface area contributed by atoms with Gasteiger partial charge >= 0.3 is 0 Å². The molecular formula is C21H23N5O. The molecule has 0 spiro atoms. The van der Waals surface area contributed by atoms with Gasteiger partial charge in [-0.05, 0) is 35.9 Å². The van der Waals surface area contributed by atoms with Gasteiger partial charge in [-0.25, -0.2) is 0 Å². The first-order valence-electron chi connectivity index (χ1n) is 9.26. The van der Waals surface area contributed by atoms with Crippen molar-refractivity contribution in [1.82, 2.24) is 24.6 Å². The number of piperazine rings is 1. The van der Waals surface area contributed by atoms with Gasteiger partial charge in [-0.3, -0.25) is 19.4 Å². The molecule has 1 saturated heterocycles. The molecule has 1 amide bonds. The molecule has 0 aliphatic carbocycles. The van der Waals surface area contributed by atoms with Crippen LogP contribution in [0, 0.1) is 0 Å². The monoisotopic (exact) mass is 361 g/mol. The zero-order valence-electron chi connectivity index (χ0n) is 15.2. The summed E-state index contributed by atoms with van der Waals surface area (Å²) in [4.78, 5) is 21.6. The highest BCUT2D eigenvalue weighted by molar-refractivity contribution is 5.94. The van der Waals surface area contributed by atoms with E-state index in [1.165, 1.54) is 0 Å². The smallest absolute Gasteiger partial charge is 0.253 e. The van der Waals surface area contributed by atoms with Gasteiger partial charge < -0.3 is 4.90 Å². The minimum absolute atomic E-state index is 0.106. The van der Waals surface area contributed by atoms with Gasteiger partial charge in [-0.2, -0.15) is 5.10 Å². The SMILES string of the molecule is O=C(c1cccc(Cn2cccn2)c1)N1CCN(Cc2ccccn2)CC1. The van der Waals surface area contributed by atoms with Crippen LogP contribution in [0.25, 0.3) is 0 Å². The van der Waals surface area contributed by atoms with E-state index in [2.05, 4.69) is 15.0 Å². The van der Waals surface area contributed by atoms with Crippen LogP contribution in [-0.4, -0.2) is 56.7 Å². The van der Waals surface area contributed by atoms with Gasteiger partial charge in [0.1, 0.15) is 0 Å². The maximum atomic E-state index is 12.9. The van der Waals surface area contributed by atoms with E-state index in [0.29, 0.717) is 6.54 Å². The second-order valence-electron chi connectivity index (χ2n) is 6.79. The van der Waals surface area contributed by atoms with Crippen LogP contribution in [0.3, 0.4) is 0 Å². The average molecular weight is 361 g/mol. The molecule has 0 atom stereocenters. The molecule has 6 nitrogen and oxygen atoms in total. The first kappa shape index (κ1) is 17.4. The van der Waals surface area contributed by atoms with E-state index in [-0.39, 0.29) is 5.91 Å². The predicted molar refractivity (Wildman–Crippen MR) is 103 cm³/mol. The molecule has 1 fully saturated rings. The molecule has 1 aliphatic heterocycles. The normalized spacial score (nSPS) is 15.0. The van der Waals surface area contributed by atoms with Gasteiger partial charge in [-0.15, -0.1) is 0 Å². The van der Waals surface area contributed by atoms with Crippen LogP contribution in [0.15, 0.2) is 67.1 Å². The van der Waals surface area contributed by atoms with Crippen LogP contribution >= 0.6 is 0 Å². The fraction of sp³-hybridized carbons (Fsp3) is 0.286. The van der Waals surface area contributed by atoms with E-state index in [0.717, 1.165) is 49.5 Å². The molecule has 0 radical (unpaired) electrons. The zero-order chi connectivity index (χ0) is 18.5. The number of nitrogens with zero attached hydrogens (tertiary/aromatic N) is 5. The highest BCUT2D eigenvalue weighted by Gasteiger charge is 2.22. The van der Waals surface area contributed by atoms with Gasteiger partial charge in [-0.1, -0.05) is 18.2 Å². The summed E-state index contributed by atoms with van der Waals surface area (Å²) in [5.41, 5.74) is 2.90. The molecule has 138 valence electrons. The highest BCUT2D eigenvalue weighted by atomic mass is 16.2. The molecule has 6 heteroatoms. The molecule has 3 heterocycles. The summed E-state index contributed by atoms with van der Waals surface area (Å²) in [7, 11) is 0. The Kier molecular flexibility index (Phi) is 5.25. The Balaban J connectivity index is 1.35. The minimum atomic E-state index is 0.106. The molecule has 0 saturated carbocycles. The number of amides is 1. The maximum absolute atomic E-state index is 12.9. The molecule has 3 aromatic rings. The Bertz CT molecular complexity index is 871. The predicted octanol–water partition coefficient (Wildman–Crippen LogP) is 2.28. The lowest BCUT2D eigenvalue weighted by molar-refractivity contribution is 0.0627. The standard InChI is InChI=1S/C21H23N5O/c27-21(19-6-3-5-18(15-19)16-26-10-4-9-23-26)25-13-11-24(12-14-25)17-20-7-1-2-8-22-20/h1-10,15H,11-14,16-17H2. The van der Waals surface area contributed by atoms with Crippen LogP contribution in [0.1, 0.15) is 21.6 Å². The van der Waals surface area contributed by atoms with E-state index in [4.69, 9.17) is 0 Å². The van der Waals surface area contributed by atoms with Crippen LogP contribution in [-0.2, 0) is 13.1 Å². The zero-order valence-corrected chi connectivity index (χ0v) is 15.2. The molecule has 4 rings (SSSR count). The Morgan fingerprint density at radius 2 is 1.81 bits per heavy atom. The lowest BCUT2D eigenvalue weighted by Gasteiger charge is -2.34. The summed E-state index contributed by atoms with van der Waals surface area (Å²) in [5.74, 6) is 0.106. The number of pyridine rings is 1. The third kappa shape index (κ3) is 4.41. The van der Waals surface area contributed by atoms with Crippen molar-refractivity contribution in [3.8, 4) is 0 Å². The fourth-order valence-corrected chi connectivity index (χ4v) is 3.40. The minimum Gasteiger partial charge on any atom is -0.336 e. The van der Waals surface area contributed by atoms with Crippen LogP contribution in [0.4, 0.5) is 0 Å². The number of carbonyl (C=O) groups excluding carboxylic acids is 1. The summed E-state index contributed by atoms with van der Waals surface area (Å²) >= 11 is 0. The lowest BCUT2D eigenvalue weighted by atomic mass is 10.1. The fourth-order valence-electron chi connectivity index (χ4n) is 3.40. The molecule has 0 unspecified atom stereocenters. The van der Waals surface area contributed by atoms with Gasteiger partial charge in [0.05, 0.1) is 12.2 Å². The Morgan fingerprint density at radius 1 is 0.926 bits per heavy atom. The quantitative estimate of drug-likeness (QED) is 0.700. The van der Waals surface area contributed by atoms with Crippen molar-refractivity contribution in [1.29, 1.82) is 0 Å². The summed E-state index contributed by atoms with van der Waals surface area (Å²) in [5, 5.41) is 4.23. The largest absolute Gasteiger partial charge is 0.336 e. The van der Waals surface area contributed by atoms with E-state index in [1.807, 2.05) is 70.5 Å². The lowest BCUT2D eigenvalue weighted by Crippen LogP contribution is -2.48. The van der Waals surface area contributed by atoms with Gasteiger partial charge in [0, 0.05) is 56.9 Å². The van der Waals surface area contributed by atoms with Crippen molar-refractivity contribution >= 4 is 5.91 Å². The van der Waals surface area contributed by atoms with Gasteiger partial charge in [0.2, 0.25) is 0 Å². The van der Waals surface area contributed by atoms with Crippen LogP contribution < -0.4 is 0 Å². The molecule has 0 N–H and O–H groups in total. The van der Waals surface area contributed by atoms with Crippen molar-refractivity contribution in [3.05, 3.63) is 83.9 Å². The number of carbonyl (C=O) groups is 1. The van der Waals surface area contributed by atoms with Crippen LogP contribution in [0.5, 0.6) is 0 Å². The number of rotatable bonds is 5. The van der Waals surface area contributed by atoms with Crippen molar-refractivity contribution < 1.29 is 4.79 Å². The highest BCUT2D eigenvalue weighted by Crippen LogP contribution is 2.13. The number of hydrogen-bond acceptors (Lipinski definition) is 4. The summed E-state index contributed by atoms with van der Waals surface area (Å²) in [6.45, 7) is 4.74. The van der Waals surface area contributed by atoms with Crippen molar-refractivity contribution in [2.45, 2.75) is 13.1 Å². The topological polar surface area (TPSA) is 54.3 Å². The van der Waals surface area contributed by atoms with Crippen molar-refractivity contribution in [2.75, 3.05) is 26.2 Å². The summed E-state index contributed by atoms with van der Waals surface area (Å²) < 4.78 is 1.86. The van der Waals surface area contributed by atoms with Gasteiger partial charge in [0.15, 0.2) is 0 Å². The second-order valence-corrected chi connectivity index (χ2v) is 6.79. The summed E-state index contributed by atoms with van der Waals surface area (Å²) in [6.07, 6.45) is 5.51. The first-order valence-corrected chi connectivity index (χ1v) is 9.26. The van der Waals surface area contributed by atoms with Crippen LogP contribution in [0.2, 0.25) is 0 Å². The summed E-state index contributed by atoms with van der Waals surface area (Å²) in [6, 6.07) is 15.7. The van der Waals surface area contributed by atoms with E-state index in [1.54, 1.807) is 6.20 Å². The molecule has 27 heavy (non-hydrogen) atoms. The van der Waals surface area contributed by atoms with Crippen molar-refractivity contribution in [3.63, 3.8) is 0 Å². The van der Waals surface area contributed by atoms with E-state index < -0.39 is 0 Å². The van der Waals surface area contributed by atoms with Crippen molar-refractivity contribution in [2.24, 2.45) is 0 Å². The molecule has 1 aliphatic rings. The van der Waals surface area contributed by atoms with Gasteiger partial charge in [0.25, 0.3) is 5.91 Å². The molecule has 2 aromatic heterocycles. The Morgan fingerprint density at radius 3 is 2.56 bits per heavy atom. The van der Waals surface area contributed by atoms with E-state index in [9.17, 15) is 4.79 Å². The second kappa shape index (κ2) is 8.14. The molecule has 1 aromatic carbocycles. The third-order valence-corrected chi connectivity index (χ3v) is 4.85. The maximum Gasteiger partial charge on any atom is 0.253 e. The first-order chi connectivity index (χ1) is 13.3. The Labute approximate surface area is 159 Å². The number of benzene rings is 1. The Hall–Kier alpha value is -2.99. The molecule has 0 bridgehead atoms. The average Bonchev–Trinajstić information content (AvgIpc) is 3.22. The third-order valence-electron chi connectivity index (χ3n) is 4.85.